The average molecular weight is 292 g/mol. The third-order valence-corrected chi connectivity index (χ3v) is 3.41. The molecule has 2 nitrogen and oxygen atoms in total. The van der Waals surface area contributed by atoms with E-state index in [1.165, 1.54) is 13.2 Å². The maximum absolute atomic E-state index is 13.8. The van der Waals surface area contributed by atoms with Crippen molar-refractivity contribution in [2.75, 3.05) is 7.11 Å². The minimum Gasteiger partial charge on any atom is -0.491 e. The lowest BCUT2D eigenvalue weighted by molar-refractivity contribution is 0.355. The van der Waals surface area contributed by atoms with Gasteiger partial charge in [-0.3, -0.25) is 0 Å². The molecule has 0 aromatic heterocycles. The maximum Gasteiger partial charge on any atom is 0.191 e. The smallest absolute Gasteiger partial charge is 0.191 e. The summed E-state index contributed by atoms with van der Waals surface area (Å²) in [6.45, 7) is 0. The van der Waals surface area contributed by atoms with E-state index in [0.717, 1.165) is 12.8 Å². The zero-order valence-corrected chi connectivity index (χ0v) is 10.4. The van der Waals surface area contributed by atoms with Crippen molar-refractivity contribution in [1.29, 1.82) is 0 Å². The number of hydrogen-bond acceptors (Lipinski definition) is 2. The highest BCUT2D eigenvalue weighted by atomic mass is 79.9. The van der Waals surface area contributed by atoms with E-state index in [1.807, 2.05) is 0 Å². The first-order valence-corrected chi connectivity index (χ1v) is 5.75. The molecule has 2 rings (SSSR count). The molecule has 1 saturated carbocycles. The fourth-order valence-corrected chi connectivity index (χ4v) is 2.11. The highest BCUT2D eigenvalue weighted by molar-refractivity contribution is 9.10. The summed E-state index contributed by atoms with van der Waals surface area (Å²) in [6.07, 6.45) is 2.17. The Bertz CT molecular complexity index is 432. The molecule has 1 aliphatic carbocycles. The summed E-state index contributed by atoms with van der Waals surface area (Å²) in [5.74, 6) is -1.72. The van der Waals surface area contributed by atoms with Crippen LogP contribution in [0.3, 0.4) is 0 Å². The van der Waals surface area contributed by atoms with E-state index in [2.05, 4.69) is 15.9 Å². The van der Waals surface area contributed by atoms with Crippen molar-refractivity contribution in [1.82, 2.24) is 0 Å². The van der Waals surface area contributed by atoms with Crippen LogP contribution in [0.2, 0.25) is 0 Å². The predicted molar refractivity (Wildman–Crippen MR) is 60.5 cm³/mol. The Morgan fingerprint density at radius 2 is 2.06 bits per heavy atom. The molecule has 5 heteroatoms. The SMILES string of the molecule is COc1c(F)c(Br)cc(CC2(N)CC2)c1F. The first-order valence-electron chi connectivity index (χ1n) is 4.96. The summed E-state index contributed by atoms with van der Waals surface area (Å²) in [5.41, 5.74) is 5.99. The van der Waals surface area contributed by atoms with Gasteiger partial charge in [-0.05, 0) is 46.8 Å². The Hall–Kier alpha value is -0.680. The van der Waals surface area contributed by atoms with Crippen LogP contribution in [0.1, 0.15) is 18.4 Å². The first kappa shape index (κ1) is 11.8. The van der Waals surface area contributed by atoms with Crippen molar-refractivity contribution in [3.05, 3.63) is 27.7 Å². The molecule has 1 fully saturated rings. The molecule has 0 unspecified atom stereocenters. The van der Waals surface area contributed by atoms with Gasteiger partial charge >= 0.3 is 0 Å². The van der Waals surface area contributed by atoms with Crippen molar-refractivity contribution < 1.29 is 13.5 Å². The van der Waals surface area contributed by atoms with Gasteiger partial charge < -0.3 is 10.5 Å². The first-order chi connectivity index (χ1) is 7.47. The lowest BCUT2D eigenvalue weighted by Gasteiger charge is -2.13. The number of rotatable bonds is 3. The van der Waals surface area contributed by atoms with E-state index < -0.39 is 11.6 Å². The number of methoxy groups -OCH3 is 1. The second-order valence-corrected chi connectivity index (χ2v) is 5.07. The van der Waals surface area contributed by atoms with Crippen LogP contribution in [0.15, 0.2) is 10.5 Å². The van der Waals surface area contributed by atoms with Crippen molar-refractivity contribution in [2.24, 2.45) is 5.73 Å². The number of halogens is 3. The summed E-state index contributed by atoms with van der Waals surface area (Å²) in [7, 11) is 1.24. The summed E-state index contributed by atoms with van der Waals surface area (Å²) < 4.78 is 32.2. The van der Waals surface area contributed by atoms with Crippen LogP contribution in [-0.4, -0.2) is 12.6 Å². The fourth-order valence-electron chi connectivity index (χ4n) is 1.65. The van der Waals surface area contributed by atoms with E-state index in [4.69, 9.17) is 10.5 Å². The number of ether oxygens (including phenoxy) is 1. The molecule has 0 heterocycles. The van der Waals surface area contributed by atoms with Crippen molar-refractivity contribution in [2.45, 2.75) is 24.8 Å². The molecule has 2 N–H and O–H groups in total. The molecule has 88 valence electrons. The van der Waals surface area contributed by atoms with Crippen LogP contribution in [0.5, 0.6) is 5.75 Å². The van der Waals surface area contributed by atoms with E-state index in [-0.39, 0.29) is 15.8 Å². The van der Waals surface area contributed by atoms with E-state index in [1.54, 1.807) is 0 Å². The predicted octanol–water partition coefficient (Wildman–Crippen LogP) is 2.77. The van der Waals surface area contributed by atoms with Gasteiger partial charge in [0.1, 0.15) is 0 Å². The molecule has 1 aromatic carbocycles. The fraction of sp³-hybridized carbons (Fsp3) is 0.455. The minimum atomic E-state index is -0.717. The Morgan fingerprint density at radius 1 is 1.44 bits per heavy atom. The van der Waals surface area contributed by atoms with Gasteiger partial charge in [0, 0.05) is 5.54 Å². The van der Waals surface area contributed by atoms with Gasteiger partial charge in [-0.2, -0.15) is 0 Å². The van der Waals surface area contributed by atoms with Gasteiger partial charge in [0.15, 0.2) is 17.4 Å². The second-order valence-electron chi connectivity index (χ2n) is 4.22. The van der Waals surface area contributed by atoms with Crippen LogP contribution >= 0.6 is 15.9 Å². The van der Waals surface area contributed by atoms with Crippen LogP contribution in [0, 0.1) is 11.6 Å². The van der Waals surface area contributed by atoms with Crippen LogP contribution < -0.4 is 10.5 Å². The maximum atomic E-state index is 13.8. The van der Waals surface area contributed by atoms with E-state index >= 15 is 0 Å². The molecule has 16 heavy (non-hydrogen) atoms. The summed E-state index contributed by atoms with van der Waals surface area (Å²) in [5, 5.41) is 0. The average Bonchev–Trinajstić information content (AvgIpc) is 2.94. The lowest BCUT2D eigenvalue weighted by atomic mass is 10.0. The number of benzene rings is 1. The van der Waals surface area contributed by atoms with E-state index in [9.17, 15) is 8.78 Å². The van der Waals surface area contributed by atoms with Crippen molar-refractivity contribution >= 4 is 15.9 Å². The van der Waals surface area contributed by atoms with Gasteiger partial charge in [-0.15, -0.1) is 0 Å². The molecule has 0 spiro atoms. The van der Waals surface area contributed by atoms with Crippen molar-refractivity contribution in [3.63, 3.8) is 0 Å². The monoisotopic (exact) mass is 291 g/mol. The molecule has 0 atom stereocenters. The Labute approximate surface area is 101 Å². The molecule has 0 bridgehead atoms. The minimum absolute atomic E-state index is 0.199. The van der Waals surface area contributed by atoms with Gasteiger partial charge in [-0.1, -0.05) is 0 Å². The molecule has 1 aromatic rings. The van der Waals surface area contributed by atoms with Gasteiger partial charge in [-0.25, -0.2) is 8.78 Å². The summed E-state index contributed by atoms with van der Waals surface area (Å²) >= 11 is 3.04. The topological polar surface area (TPSA) is 35.2 Å². The van der Waals surface area contributed by atoms with Crippen molar-refractivity contribution in [3.8, 4) is 5.75 Å². The standard InChI is InChI=1S/C11H12BrF2NO/c1-16-10-8(13)6(4-7(12)9(10)14)5-11(15)2-3-11/h4H,2-3,5,15H2,1H3. The second kappa shape index (κ2) is 3.96. The van der Waals surface area contributed by atoms with Gasteiger partial charge in [0.2, 0.25) is 0 Å². The number of hydrogen-bond donors (Lipinski definition) is 1. The van der Waals surface area contributed by atoms with Gasteiger partial charge in [0.05, 0.1) is 11.6 Å². The Kier molecular flexibility index (Phi) is 2.92. The highest BCUT2D eigenvalue weighted by Crippen LogP contribution is 2.39. The van der Waals surface area contributed by atoms with Crippen LogP contribution in [-0.2, 0) is 6.42 Å². The van der Waals surface area contributed by atoms with Gasteiger partial charge in [0.25, 0.3) is 0 Å². The largest absolute Gasteiger partial charge is 0.491 e. The molecule has 0 radical (unpaired) electrons. The zero-order valence-electron chi connectivity index (χ0n) is 8.82. The normalized spacial score (nSPS) is 17.3. The Morgan fingerprint density at radius 3 is 2.56 bits per heavy atom. The third kappa shape index (κ3) is 2.06. The van der Waals surface area contributed by atoms with E-state index in [0.29, 0.717) is 12.0 Å². The summed E-state index contributed by atoms with van der Waals surface area (Å²) in [6, 6.07) is 1.43. The molecule has 0 saturated heterocycles. The molecule has 0 aliphatic heterocycles. The molecular weight excluding hydrogens is 280 g/mol. The third-order valence-electron chi connectivity index (χ3n) is 2.83. The molecular formula is C11H12BrF2NO. The summed E-state index contributed by atoms with van der Waals surface area (Å²) in [4.78, 5) is 0. The Balaban J connectivity index is 2.41. The zero-order chi connectivity index (χ0) is 11.9. The molecule has 1 aliphatic rings. The lowest BCUT2D eigenvalue weighted by Crippen LogP contribution is -2.25. The highest BCUT2D eigenvalue weighted by Gasteiger charge is 2.39. The number of nitrogens with two attached hydrogens (primary N) is 1. The quantitative estimate of drug-likeness (QED) is 0.869. The van der Waals surface area contributed by atoms with Crippen LogP contribution in [0.25, 0.3) is 0 Å². The molecule has 0 amide bonds. The van der Waals surface area contributed by atoms with Crippen LogP contribution in [0.4, 0.5) is 8.78 Å².